The van der Waals surface area contributed by atoms with Crippen LogP contribution in [0.5, 0.6) is 5.75 Å². The first-order valence-corrected chi connectivity index (χ1v) is 7.63. The zero-order valence-corrected chi connectivity index (χ0v) is 12.4. The molecular weight excluding hydrogens is 277 g/mol. The third kappa shape index (κ3) is 2.08. The zero-order valence-electron chi connectivity index (χ0n) is 12.4. The topological polar surface area (TPSA) is 21.3 Å². The lowest BCUT2D eigenvalue weighted by Gasteiger charge is -2.37. The molecule has 2 aliphatic rings. The summed E-state index contributed by atoms with van der Waals surface area (Å²) in [6.45, 7) is 0. The molecule has 2 aromatic rings. The van der Waals surface area contributed by atoms with Gasteiger partial charge in [0.1, 0.15) is 11.6 Å². The van der Waals surface area contributed by atoms with Crippen molar-refractivity contribution in [3.63, 3.8) is 0 Å². The highest BCUT2D eigenvalue weighted by molar-refractivity contribution is 5.60. The van der Waals surface area contributed by atoms with Crippen LogP contribution in [-0.2, 0) is 0 Å². The average molecular weight is 295 g/mol. The van der Waals surface area contributed by atoms with Gasteiger partial charge in [-0.1, -0.05) is 24.3 Å². The molecule has 1 heterocycles. The molecule has 2 nitrogen and oxygen atoms in total. The van der Waals surface area contributed by atoms with E-state index in [2.05, 4.69) is 29.6 Å². The van der Waals surface area contributed by atoms with E-state index in [-0.39, 0.29) is 17.8 Å². The molecule has 0 bridgehead atoms. The van der Waals surface area contributed by atoms with E-state index in [1.165, 1.54) is 11.6 Å². The predicted molar refractivity (Wildman–Crippen MR) is 85.7 cm³/mol. The number of nitrogens with one attached hydrogen (secondary N) is 1. The Labute approximate surface area is 129 Å². The van der Waals surface area contributed by atoms with Crippen molar-refractivity contribution in [2.45, 2.75) is 18.4 Å². The van der Waals surface area contributed by atoms with Gasteiger partial charge in [-0.05, 0) is 53.8 Å². The summed E-state index contributed by atoms with van der Waals surface area (Å²) in [5.74, 6) is 1.40. The Morgan fingerprint density at radius 2 is 2.09 bits per heavy atom. The first-order chi connectivity index (χ1) is 10.8. The molecule has 22 heavy (non-hydrogen) atoms. The number of hydrogen-bond acceptors (Lipinski definition) is 2. The molecule has 3 unspecified atom stereocenters. The molecule has 0 radical (unpaired) electrons. The van der Waals surface area contributed by atoms with Crippen LogP contribution in [0.2, 0.25) is 0 Å². The number of halogens is 1. The number of benzene rings is 2. The van der Waals surface area contributed by atoms with Crippen molar-refractivity contribution in [3.05, 3.63) is 71.6 Å². The third-order valence-corrected chi connectivity index (χ3v) is 4.78. The second-order valence-corrected chi connectivity index (χ2v) is 5.98. The second kappa shape index (κ2) is 5.16. The molecule has 2 aromatic carbocycles. The fraction of sp³-hybridized carbons (Fsp3) is 0.263. The van der Waals surface area contributed by atoms with E-state index in [1.807, 2.05) is 18.2 Å². The highest BCUT2D eigenvalue weighted by atomic mass is 19.1. The summed E-state index contributed by atoms with van der Waals surface area (Å²) in [6.07, 6.45) is 5.44. The smallest absolute Gasteiger partial charge is 0.123 e. The molecule has 1 aliphatic carbocycles. The molecule has 0 spiro atoms. The standard InChI is InChI=1S/C19H18FNO/c1-22-14-5-2-4-12(10-14)19-16-7-3-6-15(16)17-11-13(20)8-9-18(17)21-19/h2-6,8-11,15-16,19,21H,7H2,1H3. The van der Waals surface area contributed by atoms with Gasteiger partial charge in [0.25, 0.3) is 0 Å². The molecular formula is C19H18FNO. The van der Waals surface area contributed by atoms with Crippen molar-refractivity contribution in [2.24, 2.45) is 5.92 Å². The molecule has 1 aliphatic heterocycles. The maximum absolute atomic E-state index is 13.6. The summed E-state index contributed by atoms with van der Waals surface area (Å²) in [7, 11) is 1.69. The maximum Gasteiger partial charge on any atom is 0.123 e. The number of anilines is 1. The van der Waals surface area contributed by atoms with Gasteiger partial charge in [0.05, 0.1) is 13.2 Å². The summed E-state index contributed by atoms with van der Waals surface area (Å²) < 4.78 is 19.0. The molecule has 0 fully saturated rings. The van der Waals surface area contributed by atoms with Crippen LogP contribution in [0.4, 0.5) is 10.1 Å². The molecule has 0 saturated carbocycles. The van der Waals surface area contributed by atoms with Crippen molar-refractivity contribution in [2.75, 3.05) is 12.4 Å². The van der Waals surface area contributed by atoms with Gasteiger partial charge in [0.15, 0.2) is 0 Å². The van der Waals surface area contributed by atoms with Crippen LogP contribution in [0.3, 0.4) is 0 Å². The fourth-order valence-corrected chi connectivity index (χ4v) is 3.73. The lowest BCUT2D eigenvalue weighted by molar-refractivity contribution is 0.406. The Morgan fingerprint density at radius 1 is 1.18 bits per heavy atom. The minimum Gasteiger partial charge on any atom is -0.497 e. The highest BCUT2D eigenvalue weighted by Crippen LogP contribution is 2.50. The van der Waals surface area contributed by atoms with Gasteiger partial charge in [-0.25, -0.2) is 4.39 Å². The Morgan fingerprint density at radius 3 is 2.95 bits per heavy atom. The normalized spacial score (nSPS) is 25.3. The molecule has 4 rings (SSSR count). The molecule has 0 amide bonds. The zero-order chi connectivity index (χ0) is 15.1. The van der Waals surface area contributed by atoms with E-state index >= 15 is 0 Å². The molecule has 0 aromatic heterocycles. The summed E-state index contributed by atoms with van der Waals surface area (Å²) in [5, 5.41) is 3.60. The van der Waals surface area contributed by atoms with Gasteiger partial charge in [-0.15, -0.1) is 0 Å². The van der Waals surface area contributed by atoms with Gasteiger partial charge in [0.2, 0.25) is 0 Å². The van der Waals surface area contributed by atoms with E-state index in [1.54, 1.807) is 13.2 Å². The highest BCUT2D eigenvalue weighted by Gasteiger charge is 2.38. The van der Waals surface area contributed by atoms with Crippen LogP contribution in [-0.4, -0.2) is 7.11 Å². The minimum absolute atomic E-state index is 0.167. The van der Waals surface area contributed by atoms with Crippen molar-refractivity contribution in [3.8, 4) is 5.75 Å². The Balaban J connectivity index is 1.77. The number of hydrogen-bond donors (Lipinski definition) is 1. The quantitative estimate of drug-likeness (QED) is 0.814. The first kappa shape index (κ1) is 13.4. The maximum atomic E-state index is 13.6. The third-order valence-electron chi connectivity index (χ3n) is 4.78. The number of allylic oxidation sites excluding steroid dienone is 2. The summed E-state index contributed by atoms with van der Waals surface area (Å²) in [5.41, 5.74) is 3.31. The van der Waals surface area contributed by atoms with Crippen LogP contribution in [0.15, 0.2) is 54.6 Å². The van der Waals surface area contributed by atoms with Gasteiger partial charge >= 0.3 is 0 Å². The summed E-state index contributed by atoms with van der Waals surface area (Å²) in [6, 6.07) is 13.4. The average Bonchev–Trinajstić information content (AvgIpc) is 3.04. The Hall–Kier alpha value is -2.29. The molecule has 1 N–H and O–H groups in total. The van der Waals surface area contributed by atoms with Crippen molar-refractivity contribution < 1.29 is 9.13 Å². The lowest BCUT2D eigenvalue weighted by Crippen LogP contribution is -2.29. The molecule has 0 saturated heterocycles. The molecule has 112 valence electrons. The monoisotopic (exact) mass is 295 g/mol. The first-order valence-electron chi connectivity index (χ1n) is 7.63. The van der Waals surface area contributed by atoms with Crippen molar-refractivity contribution in [1.82, 2.24) is 0 Å². The number of ether oxygens (including phenoxy) is 1. The minimum atomic E-state index is -0.167. The van der Waals surface area contributed by atoms with Crippen molar-refractivity contribution in [1.29, 1.82) is 0 Å². The lowest BCUT2D eigenvalue weighted by atomic mass is 9.77. The van der Waals surface area contributed by atoms with Crippen LogP contribution >= 0.6 is 0 Å². The van der Waals surface area contributed by atoms with E-state index in [9.17, 15) is 4.39 Å². The largest absolute Gasteiger partial charge is 0.497 e. The van der Waals surface area contributed by atoms with Gasteiger partial charge in [-0.2, -0.15) is 0 Å². The number of fused-ring (bicyclic) bond motifs is 3. The Kier molecular flexibility index (Phi) is 3.14. The fourth-order valence-electron chi connectivity index (χ4n) is 3.73. The molecule has 3 atom stereocenters. The van der Waals surface area contributed by atoms with E-state index in [0.717, 1.165) is 23.4 Å². The van der Waals surface area contributed by atoms with Gasteiger partial charge < -0.3 is 10.1 Å². The summed E-state index contributed by atoms with van der Waals surface area (Å²) >= 11 is 0. The second-order valence-electron chi connectivity index (χ2n) is 5.98. The predicted octanol–water partition coefficient (Wildman–Crippen LogP) is 4.66. The number of rotatable bonds is 2. The van der Waals surface area contributed by atoms with Crippen LogP contribution < -0.4 is 10.1 Å². The van der Waals surface area contributed by atoms with Crippen LogP contribution in [0.1, 0.15) is 29.5 Å². The summed E-state index contributed by atoms with van der Waals surface area (Å²) in [4.78, 5) is 0. The Bertz CT molecular complexity index is 740. The molecule has 3 heteroatoms. The van der Waals surface area contributed by atoms with E-state index < -0.39 is 0 Å². The van der Waals surface area contributed by atoms with E-state index in [4.69, 9.17) is 4.74 Å². The number of methoxy groups -OCH3 is 1. The van der Waals surface area contributed by atoms with Crippen LogP contribution in [0.25, 0.3) is 0 Å². The van der Waals surface area contributed by atoms with E-state index in [0.29, 0.717) is 5.92 Å². The van der Waals surface area contributed by atoms with Gasteiger partial charge in [-0.3, -0.25) is 0 Å². The van der Waals surface area contributed by atoms with Crippen LogP contribution in [0, 0.1) is 11.7 Å². The SMILES string of the molecule is COc1cccc(C2Nc3ccc(F)cc3C3C=CCC32)c1. The van der Waals surface area contributed by atoms with Gasteiger partial charge in [0, 0.05) is 11.6 Å². The van der Waals surface area contributed by atoms with Crippen molar-refractivity contribution >= 4 is 5.69 Å².